The zero-order valence-electron chi connectivity index (χ0n) is 8.12. The van der Waals surface area contributed by atoms with E-state index in [9.17, 15) is 0 Å². The molecule has 0 radical (unpaired) electrons. The molecular formula is C10H11Cl2N3. The lowest BCUT2D eigenvalue weighted by atomic mass is 10.1. The minimum Gasteiger partial charge on any atom is -0.382 e. The molecule has 5 heteroatoms. The van der Waals surface area contributed by atoms with Crippen molar-refractivity contribution in [3.63, 3.8) is 0 Å². The van der Waals surface area contributed by atoms with Crippen LogP contribution in [0.4, 0.5) is 5.82 Å². The van der Waals surface area contributed by atoms with Crippen molar-refractivity contribution in [1.82, 2.24) is 10.2 Å². The van der Waals surface area contributed by atoms with E-state index in [0.29, 0.717) is 5.82 Å². The zero-order chi connectivity index (χ0) is 10.1. The molecule has 3 nitrogen and oxygen atoms in total. The summed E-state index contributed by atoms with van der Waals surface area (Å²) in [7, 11) is 0. The van der Waals surface area contributed by atoms with Crippen LogP contribution < -0.4 is 5.73 Å². The third-order valence-electron chi connectivity index (χ3n) is 2.08. The molecule has 3 N–H and O–H groups in total. The molecule has 0 saturated heterocycles. The number of halogens is 2. The average molecular weight is 244 g/mol. The summed E-state index contributed by atoms with van der Waals surface area (Å²) in [4.78, 5) is 0. The minimum absolute atomic E-state index is 0. The quantitative estimate of drug-likeness (QED) is 0.809. The molecule has 0 aliphatic heterocycles. The molecule has 0 aliphatic rings. The Hall–Kier alpha value is -1.19. The maximum atomic E-state index is 6.00. The van der Waals surface area contributed by atoms with Crippen molar-refractivity contribution in [1.29, 1.82) is 0 Å². The first-order chi connectivity index (χ1) is 6.66. The SMILES string of the molecule is Cc1ccc(-c2cc(N)n[nH]2)cc1Cl.Cl. The highest BCUT2D eigenvalue weighted by Crippen LogP contribution is 2.24. The van der Waals surface area contributed by atoms with Crippen LogP contribution in [-0.4, -0.2) is 10.2 Å². The topological polar surface area (TPSA) is 54.7 Å². The summed E-state index contributed by atoms with van der Waals surface area (Å²) in [6.45, 7) is 1.97. The molecular weight excluding hydrogens is 233 g/mol. The summed E-state index contributed by atoms with van der Waals surface area (Å²) >= 11 is 6.00. The van der Waals surface area contributed by atoms with Gasteiger partial charge in [-0.05, 0) is 18.6 Å². The summed E-state index contributed by atoms with van der Waals surface area (Å²) in [6.07, 6.45) is 0. The number of H-pyrrole nitrogens is 1. The van der Waals surface area contributed by atoms with Gasteiger partial charge in [-0.25, -0.2) is 0 Å². The van der Waals surface area contributed by atoms with Crippen molar-refractivity contribution in [2.75, 3.05) is 5.73 Å². The molecule has 1 aromatic heterocycles. The Balaban J connectivity index is 0.00000112. The van der Waals surface area contributed by atoms with Crippen LogP contribution in [0.15, 0.2) is 24.3 Å². The normalized spacial score (nSPS) is 9.73. The average Bonchev–Trinajstić information content (AvgIpc) is 2.57. The van der Waals surface area contributed by atoms with Crippen molar-refractivity contribution in [2.45, 2.75) is 6.92 Å². The number of benzene rings is 1. The Kier molecular flexibility index (Phi) is 3.61. The van der Waals surface area contributed by atoms with Gasteiger partial charge in [-0.2, -0.15) is 5.10 Å². The third kappa shape index (κ3) is 2.43. The Bertz CT molecular complexity index is 465. The highest BCUT2D eigenvalue weighted by atomic mass is 35.5. The second kappa shape index (κ2) is 4.55. The minimum atomic E-state index is 0. The van der Waals surface area contributed by atoms with Gasteiger partial charge in [0, 0.05) is 16.7 Å². The van der Waals surface area contributed by atoms with Crippen LogP contribution in [0.2, 0.25) is 5.02 Å². The number of nitrogens with two attached hydrogens (primary N) is 1. The predicted molar refractivity (Wildman–Crippen MR) is 65.4 cm³/mol. The van der Waals surface area contributed by atoms with E-state index in [1.807, 2.05) is 25.1 Å². The molecule has 1 heterocycles. The lowest BCUT2D eigenvalue weighted by Crippen LogP contribution is -1.81. The van der Waals surface area contributed by atoms with E-state index in [1.54, 1.807) is 6.07 Å². The van der Waals surface area contributed by atoms with Gasteiger partial charge in [0.2, 0.25) is 0 Å². The standard InChI is InChI=1S/C10H10ClN3.ClH/c1-6-2-3-7(4-8(6)11)9-5-10(12)14-13-9;/h2-5H,1H3,(H3,12,13,14);1H. The summed E-state index contributed by atoms with van der Waals surface area (Å²) < 4.78 is 0. The molecule has 0 saturated carbocycles. The van der Waals surface area contributed by atoms with E-state index in [4.69, 9.17) is 17.3 Å². The maximum absolute atomic E-state index is 6.00. The molecule has 2 aromatic rings. The number of nitrogen functional groups attached to an aromatic ring is 1. The van der Waals surface area contributed by atoms with Crippen LogP contribution in [0.3, 0.4) is 0 Å². The Morgan fingerprint density at radius 3 is 2.60 bits per heavy atom. The number of aromatic nitrogens is 2. The fourth-order valence-electron chi connectivity index (χ4n) is 1.25. The van der Waals surface area contributed by atoms with Gasteiger partial charge in [0.05, 0.1) is 5.69 Å². The second-order valence-electron chi connectivity index (χ2n) is 3.17. The van der Waals surface area contributed by atoms with Crippen LogP contribution in [0.25, 0.3) is 11.3 Å². The summed E-state index contributed by atoms with van der Waals surface area (Å²) in [5.74, 6) is 0.483. The molecule has 0 amide bonds. The lowest BCUT2D eigenvalue weighted by molar-refractivity contribution is 1.10. The molecule has 15 heavy (non-hydrogen) atoms. The third-order valence-corrected chi connectivity index (χ3v) is 2.49. The second-order valence-corrected chi connectivity index (χ2v) is 3.58. The highest BCUT2D eigenvalue weighted by molar-refractivity contribution is 6.31. The first-order valence-corrected chi connectivity index (χ1v) is 4.62. The van der Waals surface area contributed by atoms with Crippen molar-refractivity contribution >= 4 is 29.8 Å². The van der Waals surface area contributed by atoms with Gasteiger partial charge in [0.15, 0.2) is 0 Å². The Morgan fingerprint density at radius 1 is 1.33 bits per heavy atom. The smallest absolute Gasteiger partial charge is 0.145 e. The fourth-order valence-corrected chi connectivity index (χ4v) is 1.43. The molecule has 0 aliphatic carbocycles. The molecule has 0 spiro atoms. The van der Waals surface area contributed by atoms with Gasteiger partial charge < -0.3 is 5.73 Å². The zero-order valence-corrected chi connectivity index (χ0v) is 9.69. The number of nitrogens with zero attached hydrogens (tertiary/aromatic N) is 1. The van der Waals surface area contributed by atoms with E-state index < -0.39 is 0 Å². The van der Waals surface area contributed by atoms with Gasteiger partial charge >= 0.3 is 0 Å². The van der Waals surface area contributed by atoms with E-state index >= 15 is 0 Å². The molecule has 0 atom stereocenters. The molecule has 80 valence electrons. The molecule has 0 fully saturated rings. The van der Waals surface area contributed by atoms with Gasteiger partial charge in [-0.15, -0.1) is 12.4 Å². The van der Waals surface area contributed by atoms with Crippen molar-refractivity contribution in [3.05, 3.63) is 34.9 Å². The molecule has 0 unspecified atom stereocenters. The maximum Gasteiger partial charge on any atom is 0.145 e. The van der Waals surface area contributed by atoms with Crippen LogP contribution in [0, 0.1) is 6.92 Å². The van der Waals surface area contributed by atoms with Crippen molar-refractivity contribution in [3.8, 4) is 11.3 Å². The number of hydrogen-bond acceptors (Lipinski definition) is 2. The van der Waals surface area contributed by atoms with Gasteiger partial charge in [0.25, 0.3) is 0 Å². The van der Waals surface area contributed by atoms with Crippen molar-refractivity contribution < 1.29 is 0 Å². The molecule has 2 rings (SSSR count). The lowest BCUT2D eigenvalue weighted by Gasteiger charge is -2.00. The Morgan fingerprint density at radius 2 is 2.07 bits per heavy atom. The van der Waals surface area contributed by atoms with Gasteiger partial charge in [-0.3, -0.25) is 5.10 Å². The van der Waals surface area contributed by atoms with Gasteiger partial charge in [-0.1, -0.05) is 23.7 Å². The van der Waals surface area contributed by atoms with E-state index in [2.05, 4.69) is 10.2 Å². The van der Waals surface area contributed by atoms with Crippen LogP contribution in [-0.2, 0) is 0 Å². The van der Waals surface area contributed by atoms with E-state index in [1.165, 1.54) is 0 Å². The summed E-state index contributed by atoms with van der Waals surface area (Å²) in [5.41, 5.74) is 8.44. The fraction of sp³-hybridized carbons (Fsp3) is 0.100. The number of aryl methyl sites for hydroxylation is 1. The monoisotopic (exact) mass is 243 g/mol. The first-order valence-electron chi connectivity index (χ1n) is 4.24. The Labute approximate surface area is 99.0 Å². The number of anilines is 1. The van der Waals surface area contributed by atoms with Crippen LogP contribution in [0.1, 0.15) is 5.56 Å². The number of nitrogens with one attached hydrogen (secondary N) is 1. The van der Waals surface area contributed by atoms with Crippen LogP contribution in [0.5, 0.6) is 0 Å². The van der Waals surface area contributed by atoms with E-state index in [0.717, 1.165) is 21.8 Å². The predicted octanol–water partition coefficient (Wildman–Crippen LogP) is 3.04. The summed E-state index contributed by atoms with van der Waals surface area (Å²) in [5, 5.41) is 7.44. The number of hydrogen-bond donors (Lipinski definition) is 2. The van der Waals surface area contributed by atoms with Gasteiger partial charge in [0.1, 0.15) is 5.82 Å². The van der Waals surface area contributed by atoms with Crippen molar-refractivity contribution in [2.24, 2.45) is 0 Å². The first kappa shape index (κ1) is 11.9. The highest BCUT2D eigenvalue weighted by Gasteiger charge is 2.03. The largest absolute Gasteiger partial charge is 0.382 e. The number of rotatable bonds is 1. The summed E-state index contributed by atoms with van der Waals surface area (Å²) in [6, 6.07) is 7.62. The number of aromatic amines is 1. The molecule has 1 aromatic carbocycles. The van der Waals surface area contributed by atoms with Crippen LogP contribution >= 0.6 is 24.0 Å². The molecule has 0 bridgehead atoms. The van der Waals surface area contributed by atoms with E-state index in [-0.39, 0.29) is 12.4 Å².